The van der Waals surface area contributed by atoms with Crippen LogP contribution in [0.4, 0.5) is 0 Å². The maximum atomic E-state index is 9.24. The van der Waals surface area contributed by atoms with Gasteiger partial charge in [-0.25, -0.2) is 0 Å². The van der Waals surface area contributed by atoms with Gasteiger partial charge in [0.2, 0.25) is 5.79 Å². The Balaban J connectivity index is 2.71. The van der Waals surface area contributed by atoms with Gasteiger partial charge in [-0.3, -0.25) is 0 Å². The van der Waals surface area contributed by atoms with E-state index in [1.807, 2.05) is 0 Å². The van der Waals surface area contributed by atoms with Crippen molar-refractivity contribution in [3.8, 4) is 0 Å². The maximum Gasteiger partial charge on any atom is 0.218 e. The Morgan fingerprint density at radius 2 is 1.92 bits per heavy atom. The van der Waals surface area contributed by atoms with Crippen LogP contribution in [0.25, 0.3) is 0 Å². The molecule has 72 valence electrons. The van der Waals surface area contributed by atoms with Crippen LogP contribution in [0, 0.1) is 0 Å². The standard InChI is InChI=1S/C6H12O6/c7-2-6(11)5(10)4(9)3(8)1-12-6/h3-5,7-11H,1-2H2/t3-,4-,5+,6?/m1/s1/i2+1. The molecule has 0 bridgehead atoms. The van der Waals surface area contributed by atoms with Gasteiger partial charge in [0.15, 0.2) is 0 Å². The molecule has 1 aliphatic heterocycles. The third-order valence-electron chi connectivity index (χ3n) is 1.91. The molecule has 1 fully saturated rings. The molecule has 0 aromatic rings. The molecule has 0 aromatic heterocycles. The van der Waals surface area contributed by atoms with Crippen molar-refractivity contribution in [1.29, 1.82) is 0 Å². The molecule has 0 aromatic carbocycles. The zero-order chi connectivity index (χ0) is 9.35. The minimum atomic E-state index is -2.17. The molecule has 0 spiro atoms. The van der Waals surface area contributed by atoms with Crippen molar-refractivity contribution in [3.63, 3.8) is 0 Å². The highest BCUT2D eigenvalue weighted by Crippen LogP contribution is 2.22. The zero-order valence-electron chi connectivity index (χ0n) is 6.29. The third kappa shape index (κ3) is 1.45. The molecule has 0 radical (unpaired) electrons. The summed E-state index contributed by atoms with van der Waals surface area (Å²) in [6.07, 6.45) is -4.45. The van der Waals surface area contributed by atoms with Crippen molar-refractivity contribution in [2.24, 2.45) is 0 Å². The summed E-state index contributed by atoms with van der Waals surface area (Å²) in [4.78, 5) is 0. The average Bonchev–Trinajstić information content (AvgIpc) is 2.09. The second-order valence-corrected chi connectivity index (χ2v) is 2.82. The van der Waals surface area contributed by atoms with Crippen molar-refractivity contribution in [3.05, 3.63) is 0 Å². The highest BCUT2D eigenvalue weighted by atomic mass is 16.7. The van der Waals surface area contributed by atoms with Gasteiger partial charge in [-0.05, 0) is 0 Å². The van der Waals surface area contributed by atoms with E-state index < -0.39 is 30.7 Å². The van der Waals surface area contributed by atoms with Crippen molar-refractivity contribution in [1.82, 2.24) is 0 Å². The van der Waals surface area contributed by atoms with E-state index >= 15 is 0 Å². The second kappa shape index (κ2) is 3.25. The molecular formula is C6H12O6. The van der Waals surface area contributed by atoms with E-state index in [0.717, 1.165) is 0 Å². The predicted octanol–water partition coefficient (Wildman–Crippen LogP) is -3.22. The number of aliphatic hydroxyl groups excluding tert-OH is 4. The molecule has 0 amide bonds. The van der Waals surface area contributed by atoms with Crippen LogP contribution in [0.2, 0.25) is 0 Å². The van der Waals surface area contributed by atoms with Gasteiger partial charge in [-0.2, -0.15) is 0 Å². The van der Waals surface area contributed by atoms with Gasteiger partial charge in [0.1, 0.15) is 18.3 Å². The number of hydrogen-bond donors (Lipinski definition) is 5. The van der Waals surface area contributed by atoms with E-state index in [-0.39, 0.29) is 6.61 Å². The minimum Gasteiger partial charge on any atom is -0.391 e. The Morgan fingerprint density at radius 3 is 2.42 bits per heavy atom. The zero-order valence-corrected chi connectivity index (χ0v) is 6.29. The maximum absolute atomic E-state index is 9.24. The first-order valence-electron chi connectivity index (χ1n) is 3.52. The number of hydrogen-bond acceptors (Lipinski definition) is 6. The van der Waals surface area contributed by atoms with Crippen LogP contribution in [0.5, 0.6) is 0 Å². The normalized spacial score (nSPS) is 49.2. The Kier molecular flexibility index (Phi) is 2.67. The first-order chi connectivity index (χ1) is 5.51. The van der Waals surface area contributed by atoms with Crippen molar-refractivity contribution >= 4 is 0 Å². The second-order valence-electron chi connectivity index (χ2n) is 2.82. The molecule has 1 heterocycles. The Morgan fingerprint density at radius 1 is 1.33 bits per heavy atom. The van der Waals surface area contributed by atoms with Gasteiger partial charge in [0.05, 0.1) is 13.2 Å². The number of rotatable bonds is 1. The molecule has 1 unspecified atom stereocenters. The quantitative estimate of drug-likeness (QED) is 0.272. The van der Waals surface area contributed by atoms with Crippen LogP contribution in [-0.2, 0) is 4.74 Å². The van der Waals surface area contributed by atoms with Gasteiger partial charge in [-0.1, -0.05) is 0 Å². The minimum absolute atomic E-state index is 0.324. The largest absolute Gasteiger partial charge is 0.391 e. The van der Waals surface area contributed by atoms with Crippen LogP contribution in [-0.4, -0.2) is 62.8 Å². The molecule has 1 rings (SSSR count). The fourth-order valence-electron chi connectivity index (χ4n) is 1.03. The summed E-state index contributed by atoms with van der Waals surface area (Å²) in [6.45, 7) is -1.16. The van der Waals surface area contributed by atoms with E-state index in [1.165, 1.54) is 0 Å². The van der Waals surface area contributed by atoms with E-state index in [4.69, 9.17) is 20.4 Å². The van der Waals surface area contributed by atoms with Crippen LogP contribution in [0.1, 0.15) is 0 Å². The fourth-order valence-corrected chi connectivity index (χ4v) is 1.03. The fraction of sp³-hybridized carbons (Fsp3) is 1.00. The van der Waals surface area contributed by atoms with Gasteiger partial charge < -0.3 is 30.3 Å². The van der Waals surface area contributed by atoms with Crippen molar-refractivity contribution in [2.75, 3.05) is 13.2 Å². The summed E-state index contributed by atoms with van der Waals surface area (Å²) >= 11 is 0. The molecule has 0 aliphatic carbocycles. The lowest BCUT2D eigenvalue weighted by Crippen LogP contribution is -2.62. The lowest BCUT2D eigenvalue weighted by molar-refractivity contribution is -0.331. The molecule has 4 atom stereocenters. The predicted molar refractivity (Wildman–Crippen MR) is 36.0 cm³/mol. The van der Waals surface area contributed by atoms with Crippen LogP contribution in [0.15, 0.2) is 0 Å². The van der Waals surface area contributed by atoms with Gasteiger partial charge in [-0.15, -0.1) is 0 Å². The van der Waals surface area contributed by atoms with E-state index in [2.05, 4.69) is 4.74 Å². The van der Waals surface area contributed by atoms with E-state index in [0.29, 0.717) is 0 Å². The SMILES string of the molecule is O[13CH2]C1(O)OC[C@@H](O)[C@@H](O)[C@@H]1O. The summed E-state index contributed by atoms with van der Waals surface area (Å²) in [5.41, 5.74) is 0. The highest BCUT2D eigenvalue weighted by Gasteiger charge is 2.47. The van der Waals surface area contributed by atoms with Crippen LogP contribution in [0.3, 0.4) is 0 Å². The number of aliphatic hydroxyl groups is 5. The van der Waals surface area contributed by atoms with E-state index in [9.17, 15) is 5.11 Å². The number of ether oxygens (including phenoxy) is 1. The third-order valence-corrected chi connectivity index (χ3v) is 1.91. The smallest absolute Gasteiger partial charge is 0.218 e. The summed E-state index contributed by atoms with van der Waals surface area (Å²) in [5.74, 6) is -2.17. The summed E-state index contributed by atoms with van der Waals surface area (Å²) in [6, 6.07) is 0. The summed E-state index contributed by atoms with van der Waals surface area (Å²) in [7, 11) is 0. The Bertz CT molecular complexity index is 162. The average molecular weight is 181 g/mol. The molecule has 6 heteroatoms. The highest BCUT2D eigenvalue weighted by molar-refractivity contribution is 4.90. The molecule has 1 aliphatic rings. The van der Waals surface area contributed by atoms with Gasteiger partial charge in [0.25, 0.3) is 0 Å². The molecule has 5 N–H and O–H groups in total. The Hall–Kier alpha value is -0.240. The monoisotopic (exact) mass is 181 g/mol. The first kappa shape index (κ1) is 9.85. The molecular weight excluding hydrogens is 169 g/mol. The van der Waals surface area contributed by atoms with Crippen LogP contribution < -0.4 is 0 Å². The molecule has 12 heavy (non-hydrogen) atoms. The first-order valence-corrected chi connectivity index (χ1v) is 3.52. The van der Waals surface area contributed by atoms with Crippen molar-refractivity contribution < 1.29 is 30.3 Å². The van der Waals surface area contributed by atoms with Gasteiger partial charge in [0, 0.05) is 0 Å². The molecule has 6 nitrogen and oxygen atoms in total. The lowest BCUT2D eigenvalue weighted by Gasteiger charge is -2.40. The van der Waals surface area contributed by atoms with Crippen LogP contribution >= 0.6 is 0 Å². The van der Waals surface area contributed by atoms with Crippen molar-refractivity contribution in [2.45, 2.75) is 24.1 Å². The summed E-state index contributed by atoms with van der Waals surface area (Å²) in [5, 5.41) is 45.0. The molecule has 0 saturated carbocycles. The van der Waals surface area contributed by atoms with E-state index in [1.54, 1.807) is 0 Å². The Labute approximate surface area is 68.6 Å². The lowest BCUT2D eigenvalue weighted by atomic mass is 10.0. The summed E-state index contributed by atoms with van der Waals surface area (Å²) < 4.78 is 4.56. The molecule has 1 saturated heterocycles. The topological polar surface area (TPSA) is 110 Å². The van der Waals surface area contributed by atoms with Gasteiger partial charge >= 0.3 is 0 Å².